The molecule has 2 heterocycles. The number of nitrogens with zero attached hydrogens (tertiary/aromatic N) is 3. The molecule has 3 aromatic rings. The molecular weight excluding hydrogens is 342 g/mol. The third kappa shape index (κ3) is 3.30. The van der Waals surface area contributed by atoms with E-state index < -0.39 is 5.97 Å². The first-order valence-electron chi connectivity index (χ1n) is 9.06. The van der Waals surface area contributed by atoms with Crippen molar-refractivity contribution < 1.29 is 14.7 Å². The van der Waals surface area contributed by atoms with E-state index in [1.165, 1.54) is 0 Å². The van der Waals surface area contributed by atoms with Gasteiger partial charge in [-0.3, -0.25) is 4.79 Å². The van der Waals surface area contributed by atoms with Crippen LogP contribution < -0.4 is 0 Å². The predicted octanol–water partition coefficient (Wildman–Crippen LogP) is 3.29. The standard InChI is InChI=1S/C21H21N3O3/c1-23-13-22-18-11-15(7-8-19(18)23)20(25)24-9-3-6-17(12-24)14-4-2-5-16(10-14)21(26)27/h2,4-5,7-8,10-11,13,17H,3,6,9,12H2,1H3,(H,26,27)/t17-/m0/s1. The SMILES string of the molecule is Cn1cnc2cc(C(=O)N3CCC[C@H](c4cccc(C(=O)O)c4)C3)ccc21. The van der Waals surface area contributed by atoms with Gasteiger partial charge in [0.1, 0.15) is 0 Å². The van der Waals surface area contributed by atoms with Gasteiger partial charge in [-0.2, -0.15) is 0 Å². The maximum atomic E-state index is 13.0. The second-order valence-electron chi connectivity index (χ2n) is 7.08. The van der Waals surface area contributed by atoms with E-state index in [-0.39, 0.29) is 17.4 Å². The highest BCUT2D eigenvalue weighted by Gasteiger charge is 2.26. The molecule has 0 saturated carbocycles. The first kappa shape index (κ1) is 17.3. The monoisotopic (exact) mass is 363 g/mol. The van der Waals surface area contributed by atoms with Crippen molar-refractivity contribution in [3.63, 3.8) is 0 Å². The van der Waals surface area contributed by atoms with Gasteiger partial charge in [-0.05, 0) is 48.7 Å². The second kappa shape index (κ2) is 6.87. The Morgan fingerprint density at radius 2 is 2.00 bits per heavy atom. The summed E-state index contributed by atoms with van der Waals surface area (Å²) in [5, 5.41) is 9.21. The van der Waals surface area contributed by atoms with Crippen LogP contribution in [0.3, 0.4) is 0 Å². The van der Waals surface area contributed by atoms with Crippen molar-refractivity contribution in [3.05, 3.63) is 65.5 Å². The number of aryl methyl sites for hydroxylation is 1. The molecule has 1 amide bonds. The minimum absolute atomic E-state index is 0.00152. The van der Waals surface area contributed by atoms with Crippen LogP contribution in [0.25, 0.3) is 11.0 Å². The number of hydrogen-bond acceptors (Lipinski definition) is 3. The lowest BCUT2D eigenvalue weighted by atomic mass is 9.89. The smallest absolute Gasteiger partial charge is 0.335 e. The molecule has 0 bridgehead atoms. The van der Waals surface area contributed by atoms with Gasteiger partial charge in [0, 0.05) is 31.6 Å². The molecule has 138 valence electrons. The molecule has 1 aliphatic heterocycles. The lowest BCUT2D eigenvalue weighted by Crippen LogP contribution is -2.39. The lowest BCUT2D eigenvalue weighted by molar-refractivity contribution is 0.0688. The summed E-state index contributed by atoms with van der Waals surface area (Å²) < 4.78 is 1.93. The number of rotatable bonds is 3. The van der Waals surface area contributed by atoms with E-state index in [0.29, 0.717) is 18.7 Å². The molecule has 27 heavy (non-hydrogen) atoms. The van der Waals surface area contributed by atoms with E-state index in [0.717, 1.165) is 29.4 Å². The van der Waals surface area contributed by atoms with Crippen LogP contribution in [0.4, 0.5) is 0 Å². The van der Waals surface area contributed by atoms with Gasteiger partial charge >= 0.3 is 5.97 Å². The van der Waals surface area contributed by atoms with Crippen LogP contribution in [0.5, 0.6) is 0 Å². The van der Waals surface area contributed by atoms with E-state index in [2.05, 4.69) is 4.98 Å². The Balaban J connectivity index is 1.55. The van der Waals surface area contributed by atoms with E-state index in [1.54, 1.807) is 24.5 Å². The normalized spacial score (nSPS) is 17.2. The quantitative estimate of drug-likeness (QED) is 0.775. The summed E-state index contributed by atoms with van der Waals surface area (Å²) in [7, 11) is 1.93. The number of hydrogen-bond donors (Lipinski definition) is 1. The summed E-state index contributed by atoms with van der Waals surface area (Å²) in [6.07, 6.45) is 3.59. The van der Waals surface area contributed by atoms with E-state index in [1.807, 2.05) is 40.8 Å². The van der Waals surface area contributed by atoms with E-state index in [4.69, 9.17) is 0 Å². The number of benzene rings is 2. The van der Waals surface area contributed by atoms with Crippen LogP contribution in [-0.2, 0) is 7.05 Å². The third-order valence-electron chi connectivity index (χ3n) is 5.29. The average molecular weight is 363 g/mol. The zero-order chi connectivity index (χ0) is 19.0. The van der Waals surface area contributed by atoms with Crippen molar-refractivity contribution >= 4 is 22.9 Å². The zero-order valence-electron chi connectivity index (χ0n) is 15.1. The number of carboxylic acids is 1. The van der Waals surface area contributed by atoms with Crippen molar-refractivity contribution in [2.24, 2.45) is 7.05 Å². The van der Waals surface area contributed by atoms with Crippen molar-refractivity contribution in [1.82, 2.24) is 14.5 Å². The van der Waals surface area contributed by atoms with Crippen molar-refractivity contribution in [2.75, 3.05) is 13.1 Å². The fourth-order valence-corrected chi connectivity index (χ4v) is 3.81. The molecule has 1 atom stereocenters. The molecule has 4 rings (SSSR count). The largest absolute Gasteiger partial charge is 0.478 e. The summed E-state index contributed by atoms with van der Waals surface area (Å²) in [5.41, 5.74) is 3.71. The van der Waals surface area contributed by atoms with Crippen LogP contribution in [0.15, 0.2) is 48.8 Å². The van der Waals surface area contributed by atoms with Gasteiger partial charge in [0.15, 0.2) is 0 Å². The molecule has 0 unspecified atom stereocenters. The number of aromatic carboxylic acids is 1. The van der Waals surface area contributed by atoms with Crippen LogP contribution >= 0.6 is 0 Å². The predicted molar refractivity (Wildman–Crippen MR) is 102 cm³/mol. The number of carbonyl (C=O) groups excluding carboxylic acids is 1. The minimum atomic E-state index is -0.927. The Morgan fingerprint density at radius 3 is 2.81 bits per heavy atom. The molecular formula is C21H21N3O3. The molecule has 6 heteroatoms. The van der Waals surface area contributed by atoms with E-state index >= 15 is 0 Å². The molecule has 0 radical (unpaired) electrons. The molecule has 6 nitrogen and oxygen atoms in total. The summed E-state index contributed by atoms with van der Waals surface area (Å²) in [5.74, 6) is -0.772. The molecule has 1 N–H and O–H groups in total. The van der Waals surface area contributed by atoms with Crippen molar-refractivity contribution in [3.8, 4) is 0 Å². The van der Waals surface area contributed by atoms with Gasteiger partial charge < -0.3 is 14.6 Å². The first-order valence-corrected chi connectivity index (χ1v) is 9.06. The highest BCUT2D eigenvalue weighted by molar-refractivity contribution is 5.97. The van der Waals surface area contributed by atoms with Gasteiger partial charge in [-0.1, -0.05) is 12.1 Å². The topological polar surface area (TPSA) is 75.4 Å². The maximum absolute atomic E-state index is 13.0. The summed E-state index contributed by atoms with van der Waals surface area (Å²) >= 11 is 0. The van der Waals surface area contributed by atoms with Gasteiger partial charge in [-0.15, -0.1) is 0 Å². The number of imidazole rings is 1. The van der Waals surface area contributed by atoms with Crippen LogP contribution in [0, 0.1) is 0 Å². The number of amides is 1. The Morgan fingerprint density at radius 1 is 1.15 bits per heavy atom. The Bertz CT molecular complexity index is 1020. The van der Waals surface area contributed by atoms with E-state index in [9.17, 15) is 14.7 Å². The number of aromatic nitrogens is 2. The van der Waals surface area contributed by atoms with Crippen molar-refractivity contribution in [2.45, 2.75) is 18.8 Å². The Labute approximate surface area is 157 Å². The second-order valence-corrected chi connectivity index (χ2v) is 7.08. The van der Waals surface area contributed by atoms with Crippen molar-refractivity contribution in [1.29, 1.82) is 0 Å². The Hall–Kier alpha value is -3.15. The highest BCUT2D eigenvalue weighted by Crippen LogP contribution is 2.28. The number of likely N-dealkylation sites (tertiary alicyclic amines) is 1. The molecule has 1 aliphatic rings. The highest BCUT2D eigenvalue weighted by atomic mass is 16.4. The fraction of sp³-hybridized carbons (Fsp3) is 0.286. The summed E-state index contributed by atoms with van der Waals surface area (Å²) in [6.45, 7) is 1.32. The molecule has 1 fully saturated rings. The number of fused-ring (bicyclic) bond motifs is 1. The number of piperidine rings is 1. The van der Waals surface area contributed by atoms with Crippen LogP contribution in [0.2, 0.25) is 0 Å². The molecule has 0 aliphatic carbocycles. The van der Waals surface area contributed by atoms with Crippen LogP contribution in [-0.4, -0.2) is 44.5 Å². The van der Waals surface area contributed by atoms with Gasteiger partial charge in [0.2, 0.25) is 0 Å². The first-order chi connectivity index (χ1) is 13.0. The molecule has 1 aromatic heterocycles. The Kier molecular flexibility index (Phi) is 4.39. The summed E-state index contributed by atoms with van der Waals surface area (Å²) in [6, 6.07) is 12.7. The maximum Gasteiger partial charge on any atom is 0.335 e. The van der Waals surface area contributed by atoms with Gasteiger partial charge in [0.25, 0.3) is 5.91 Å². The van der Waals surface area contributed by atoms with Crippen LogP contribution in [0.1, 0.15) is 45.0 Å². The summed E-state index contributed by atoms with van der Waals surface area (Å²) in [4.78, 5) is 30.4. The molecule has 0 spiro atoms. The lowest BCUT2D eigenvalue weighted by Gasteiger charge is -2.33. The van der Waals surface area contributed by atoms with Gasteiger partial charge in [0.05, 0.1) is 22.9 Å². The number of carbonyl (C=O) groups is 2. The molecule has 2 aromatic carbocycles. The fourth-order valence-electron chi connectivity index (χ4n) is 3.81. The molecule has 1 saturated heterocycles. The third-order valence-corrected chi connectivity index (χ3v) is 5.29. The zero-order valence-corrected chi connectivity index (χ0v) is 15.1. The average Bonchev–Trinajstić information content (AvgIpc) is 3.08. The number of carboxylic acid groups (broad SMARTS) is 1. The minimum Gasteiger partial charge on any atom is -0.478 e. The van der Waals surface area contributed by atoms with Gasteiger partial charge in [-0.25, -0.2) is 9.78 Å².